The number of likely N-dealkylation sites (N-methyl/N-ethyl adjacent to an activating group) is 1. The smallest absolute Gasteiger partial charge is 0.315 e. The van der Waals surface area contributed by atoms with Crippen LogP contribution >= 0.6 is 17.0 Å². The molecule has 0 saturated carbocycles. The summed E-state index contributed by atoms with van der Waals surface area (Å²) in [6.07, 6.45) is 0. The van der Waals surface area contributed by atoms with E-state index in [1.54, 1.807) is 24.3 Å². The quantitative estimate of drug-likeness (QED) is 0.619. The number of benzene rings is 2. The second-order valence-electron chi connectivity index (χ2n) is 7.93. The van der Waals surface area contributed by atoms with Gasteiger partial charge in [-0.05, 0) is 39.8 Å². The number of carboxylic acids is 1. The molecule has 1 aliphatic heterocycles. The second-order valence-corrected chi connectivity index (χ2v) is 7.93. The van der Waals surface area contributed by atoms with Crippen molar-refractivity contribution >= 4 is 23.0 Å². The summed E-state index contributed by atoms with van der Waals surface area (Å²) >= 11 is 0. The van der Waals surface area contributed by atoms with Gasteiger partial charge in [0, 0.05) is 11.1 Å². The monoisotopic (exact) mass is 466 g/mol. The average Bonchev–Trinajstić information content (AvgIpc) is 2.66. The van der Waals surface area contributed by atoms with Crippen molar-refractivity contribution < 1.29 is 24.2 Å². The second kappa shape index (κ2) is 10.8. The number of carboxylic acid groups (broad SMARTS) is 1. The van der Waals surface area contributed by atoms with E-state index in [0.29, 0.717) is 34.7 Å². The first-order valence-corrected chi connectivity index (χ1v) is 9.76. The fourth-order valence-corrected chi connectivity index (χ4v) is 3.50. The third-order valence-electron chi connectivity index (χ3n) is 5.87. The zero-order valence-electron chi connectivity index (χ0n) is 17.8. The van der Waals surface area contributed by atoms with Crippen LogP contribution in [0.15, 0.2) is 48.5 Å². The Balaban J connectivity index is 0.000000310. The first-order chi connectivity index (χ1) is 13.2. The number of ether oxygens (including phenoxy) is 1. The predicted molar refractivity (Wildman–Crippen MR) is 121 cm³/mol. The van der Waals surface area contributed by atoms with E-state index < -0.39 is 11.9 Å². The lowest BCUT2D eigenvalue weighted by Gasteiger charge is -2.42. The summed E-state index contributed by atoms with van der Waals surface area (Å²) in [6.45, 7) is 9.96. The SMILES string of the molecule is Br.CC(C)[N+](C)(CCO)C(C)C.O=C(O)C1c2ccccc2Oc2ccccc21. The van der Waals surface area contributed by atoms with Gasteiger partial charge in [-0.15, -0.1) is 17.0 Å². The van der Waals surface area contributed by atoms with E-state index in [-0.39, 0.29) is 23.6 Å². The molecule has 0 unspecified atom stereocenters. The van der Waals surface area contributed by atoms with Crippen molar-refractivity contribution in [3.8, 4) is 11.5 Å². The van der Waals surface area contributed by atoms with Gasteiger partial charge >= 0.3 is 5.97 Å². The van der Waals surface area contributed by atoms with Crippen LogP contribution in [-0.2, 0) is 4.79 Å². The molecule has 2 aromatic carbocycles. The van der Waals surface area contributed by atoms with Gasteiger partial charge in [-0.3, -0.25) is 4.79 Å². The third kappa shape index (κ3) is 5.59. The number of para-hydroxylation sites is 2. The highest BCUT2D eigenvalue weighted by Crippen LogP contribution is 2.43. The van der Waals surface area contributed by atoms with E-state index in [1.807, 2.05) is 24.3 Å². The number of quaternary nitrogens is 1. The van der Waals surface area contributed by atoms with E-state index in [1.165, 1.54) is 0 Å². The van der Waals surface area contributed by atoms with Crippen LogP contribution in [-0.4, -0.2) is 52.9 Å². The number of hydrogen-bond acceptors (Lipinski definition) is 3. The number of aliphatic hydroxyl groups is 1. The first kappa shape index (κ1) is 25.1. The van der Waals surface area contributed by atoms with Crippen LogP contribution in [0.3, 0.4) is 0 Å². The van der Waals surface area contributed by atoms with Gasteiger partial charge in [0.1, 0.15) is 24.0 Å². The van der Waals surface area contributed by atoms with Gasteiger partial charge in [0.05, 0.1) is 25.7 Å². The Bertz CT molecular complexity index is 753. The minimum atomic E-state index is -0.854. The highest BCUT2D eigenvalue weighted by atomic mass is 79.9. The van der Waals surface area contributed by atoms with Gasteiger partial charge < -0.3 is 19.4 Å². The topological polar surface area (TPSA) is 66.8 Å². The van der Waals surface area contributed by atoms with Gasteiger partial charge in [0.15, 0.2) is 0 Å². The van der Waals surface area contributed by atoms with Crippen molar-refractivity contribution in [1.29, 1.82) is 0 Å². The van der Waals surface area contributed by atoms with Crippen LogP contribution < -0.4 is 4.74 Å². The summed E-state index contributed by atoms with van der Waals surface area (Å²) in [5.41, 5.74) is 1.41. The highest BCUT2D eigenvalue weighted by Gasteiger charge is 2.32. The third-order valence-corrected chi connectivity index (χ3v) is 5.87. The van der Waals surface area contributed by atoms with E-state index in [4.69, 9.17) is 9.84 Å². The Morgan fingerprint density at radius 2 is 1.38 bits per heavy atom. The van der Waals surface area contributed by atoms with Crippen molar-refractivity contribution in [3.05, 3.63) is 59.7 Å². The molecule has 6 heteroatoms. The molecule has 0 fully saturated rings. The molecule has 160 valence electrons. The van der Waals surface area contributed by atoms with E-state index >= 15 is 0 Å². The Hall–Kier alpha value is -1.89. The highest BCUT2D eigenvalue weighted by molar-refractivity contribution is 8.93. The Kier molecular flexibility index (Phi) is 9.33. The van der Waals surface area contributed by atoms with E-state index in [2.05, 4.69) is 34.7 Å². The molecule has 1 aliphatic rings. The standard InChI is InChI=1S/C14H10O3.C9H22NO.BrH/c15-14(16)13-9-5-1-3-7-11(9)17-12-8-4-2-6-10(12)13;1-8(2)10(5,6-7-11)9(3)4;/h1-8,13H,(H,15,16);8-9,11H,6-7H2,1-5H3;1H/q;+1;. The molecular formula is C23H33BrNO4+. The molecule has 5 nitrogen and oxygen atoms in total. The van der Waals surface area contributed by atoms with Crippen LogP contribution in [0.5, 0.6) is 11.5 Å². The largest absolute Gasteiger partial charge is 0.481 e. The minimum absolute atomic E-state index is 0. The number of carbonyl (C=O) groups is 1. The van der Waals surface area contributed by atoms with E-state index in [9.17, 15) is 9.90 Å². The van der Waals surface area contributed by atoms with Crippen molar-refractivity contribution in [2.45, 2.75) is 45.7 Å². The summed E-state index contributed by atoms with van der Waals surface area (Å²) in [6, 6.07) is 15.7. The Morgan fingerprint density at radius 1 is 0.966 bits per heavy atom. The van der Waals surface area contributed by atoms with Crippen LogP contribution in [0.2, 0.25) is 0 Å². The molecular weight excluding hydrogens is 434 g/mol. The molecule has 0 spiro atoms. The van der Waals surface area contributed by atoms with Gasteiger partial charge in [0.2, 0.25) is 0 Å². The lowest BCUT2D eigenvalue weighted by atomic mass is 9.88. The van der Waals surface area contributed by atoms with Gasteiger partial charge in [-0.2, -0.15) is 0 Å². The fourth-order valence-electron chi connectivity index (χ4n) is 3.50. The maximum absolute atomic E-state index is 11.4. The number of aliphatic hydroxyl groups excluding tert-OH is 1. The number of nitrogens with zero attached hydrogens (tertiary/aromatic N) is 1. The lowest BCUT2D eigenvalue weighted by Crippen LogP contribution is -2.55. The number of rotatable bonds is 5. The van der Waals surface area contributed by atoms with Gasteiger partial charge in [-0.25, -0.2) is 0 Å². The van der Waals surface area contributed by atoms with Crippen LogP contribution in [0.1, 0.15) is 44.7 Å². The van der Waals surface area contributed by atoms with Crippen LogP contribution in [0.25, 0.3) is 0 Å². The van der Waals surface area contributed by atoms with E-state index in [0.717, 1.165) is 11.0 Å². The van der Waals surface area contributed by atoms with Crippen molar-refractivity contribution in [3.63, 3.8) is 0 Å². The van der Waals surface area contributed by atoms with Crippen LogP contribution in [0, 0.1) is 0 Å². The Labute approximate surface area is 184 Å². The predicted octanol–water partition coefficient (Wildman–Crippen LogP) is 4.83. The van der Waals surface area contributed by atoms with Crippen molar-refractivity contribution in [2.24, 2.45) is 0 Å². The maximum atomic E-state index is 11.4. The molecule has 0 aliphatic carbocycles. The summed E-state index contributed by atoms with van der Waals surface area (Å²) in [4.78, 5) is 11.4. The maximum Gasteiger partial charge on any atom is 0.315 e. The minimum Gasteiger partial charge on any atom is -0.481 e. The molecule has 2 aromatic rings. The number of aliphatic carboxylic acids is 1. The van der Waals surface area contributed by atoms with Gasteiger partial charge in [0.25, 0.3) is 0 Å². The number of hydrogen-bond donors (Lipinski definition) is 2. The normalized spacial score (nSPS) is 12.8. The lowest BCUT2D eigenvalue weighted by molar-refractivity contribution is -0.949. The molecule has 0 bridgehead atoms. The number of fused-ring (bicyclic) bond motifs is 2. The molecule has 0 atom stereocenters. The summed E-state index contributed by atoms with van der Waals surface area (Å²) in [5, 5.41) is 18.3. The number of halogens is 1. The van der Waals surface area contributed by atoms with Crippen molar-refractivity contribution in [2.75, 3.05) is 20.2 Å². The van der Waals surface area contributed by atoms with Gasteiger partial charge in [-0.1, -0.05) is 36.4 Å². The summed E-state index contributed by atoms with van der Waals surface area (Å²) < 4.78 is 6.65. The van der Waals surface area contributed by atoms with Crippen LogP contribution in [0.4, 0.5) is 0 Å². The zero-order chi connectivity index (χ0) is 20.9. The zero-order valence-corrected chi connectivity index (χ0v) is 19.5. The molecule has 29 heavy (non-hydrogen) atoms. The molecule has 2 N–H and O–H groups in total. The molecule has 0 saturated heterocycles. The van der Waals surface area contributed by atoms with Crippen molar-refractivity contribution in [1.82, 2.24) is 0 Å². The molecule has 3 rings (SSSR count). The molecule has 1 heterocycles. The molecule has 0 aromatic heterocycles. The summed E-state index contributed by atoms with van der Waals surface area (Å²) in [7, 11) is 2.20. The first-order valence-electron chi connectivity index (χ1n) is 9.76. The average molecular weight is 467 g/mol. The summed E-state index contributed by atoms with van der Waals surface area (Å²) in [5.74, 6) is -0.249. The fraction of sp³-hybridized carbons (Fsp3) is 0.435. The molecule has 0 radical (unpaired) electrons. The Morgan fingerprint density at radius 3 is 1.69 bits per heavy atom. The molecule has 0 amide bonds.